The number of hydrogen-bond donors (Lipinski definition) is 2. The highest BCUT2D eigenvalue weighted by atomic mass is 79.9. The fourth-order valence-electron chi connectivity index (χ4n) is 1.89. The van der Waals surface area contributed by atoms with Gasteiger partial charge in [0, 0.05) is 4.47 Å². The lowest BCUT2D eigenvalue weighted by Gasteiger charge is -2.07. The maximum Gasteiger partial charge on any atom is 0.272 e. The van der Waals surface area contributed by atoms with Gasteiger partial charge in [0.05, 0.1) is 18.5 Å². The smallest absolute Gasteiger partial charge is 0.272 e. The van der Waals surface area contributed by atoms with Crippen LogP contribution in [-0.2, 0) is 6.54 Å². The van der Waals surface area contributed by atoms with Crippen LogP contribution in [0.2, 0.25) is 0 Å². The number of carbonyl (C=O) groups excluding carboxylic acids is 1. The highest BCUT2D eigenvalue weighted by Crippen LogP contribution is 2.24. The highest BCUT2D eigenvalue weighted by Gasteiger charge is 2.09. The Morgan fingerprint density at radius 1 is 1.09 bits per heavy atom. The molecule has 2 aromatic heterocycles. The molecule has 23 heavy (non-hydrogen) atoms. The molecule has 0 radical (unpaired) electrons. The van der Waals surface area contributed by atoms with Crippen molar-refractivity contribution >= 4 is 33.3 Å². The predicted octanol–water partition coefficient (Wildman–Crippen LogP) is 3.51. The van der Waals surface area contributed by atoms with E-state index in [-0.39, 0.29) is 11.6 Å². The van der Waals surface area contributed by atoms with E-state index in [0.29, 0.717) is 18.1 Å². The van der Waals surface area contributed by atoms with Crippen molar-refractivity contribution in [1.29, 1.82) is 0 Å². The summed E-state index contributed by atoms with van der Waals surface area (Å²) in [5.74, 6) is 0.930. The van der Waals surface area contributed by atoms with E-state index in [0.717, 1.165) is 10.2 Å². The first kappa shape index (κ1) is 15.2. The van der Waals surface area contributed by atoms with Crippen LogP contribution in [0.1, 0.15) is 16.2 Å². The molecule has 0 saturated carbocycles. The van der Waals surface area contributed by atoms with Crippen molar-refractivity contribution in [3.05, 3.63) is 70.7 Å². The molecule has 0 bridgehead atoms. The van der Waals surface area contributed by atoms with Gasteiger partial charge in [0.15, 0.2) is 11.5 Å². The van der Waals surface area contributed by atoms with Crippen LogP contribution in [0.3, 0.4) is 0 Å². The second-order valence-electron chi connectivity index (χ2n) is 4.67. The van der Waals surface area contributed by atoms with Gasteiger partial charge in [-0.25, -0.2) is 0 Å². The van der Waals surface area contributed by atoms with Crippen molar-refractivity contribution < 1.29 is 9.21 Å². The third-order valence-electron chi connectivity index (χ3n) is 3.04. The molecule has 0 aliphatic heterocycles. The van der Waals surface area contributed by atoms with Crippen LogP contribution < -0.4 is 10.6 Å². The first-order valence-corrected chi connectivity index (χ1v) is 7.67. The summed E-state index contributed by atoms with van der Waals surface area (Å²) in [7, 11) is 0. The highest BCUT2D eigenvalue weighted by molar-refractivity contribution is 9.10. The Kier molecular flexibility index (Phi) is 4.68. The number of hydrogen-bond acceptors (Lipinski definition) is 5. The molecular weight excluding hydrogens is 360 g/mol. The molecular formula is C16H13BrN4O2. The molecule has 0 aliphatic rings. The largest absolute Gasteiger partial charge is 0.467 e. The Bertz CT molecular complexity index is 788. The minimum atomic E-state index is -0.304. The average molecular weight is 373 g/mol. The van der Waals surface area contributed by atoms with E-state index >= 15 is 0 Å². The lowest BCUT2D eigenvalue weighted by molar-refractivity contribution is 0.0942. The summed E-state index contributed by atoms with van der Waals surface area (Å²) in [5, 5.41) is 13.8. The fraction of sp³-hybridized carbons (Fsp3) is 0.0625. The average Bonchev–Trinajstić information content (AvgIpc) is 3.09. The summed E-state index contributed by atoms with van der Waals surface area (Å²) in [4.78, 5) is 12.0. The Balaban J connectivity index is 1.62. The van der Waals surface area contributed by atoms with E-state index in [1.807, 2.05) is 24.3 Å². The van der Waals surface area contributed by atoms with Crippen molar-refractivity contribution in [2.45, 2.75) is 6.54 Å². The quantitative estimate of drug-likeness (QED) is 0.716. The molecule has 0 aliphatic carbocycles. The monoisotopic (exact) mass is 372 g/mol. The van der Waals surface area contributed by atoms with Gasteiger partial charge in [0.2, 0.25) is 0 Å². The predicted molar refractivity (Wildman–Crippen MR) is 89.3 cm³/mol. The topological polar surface area (TPSA) is 80.0 Å². The van der Waals surface area contributed by atoms with Crippen LogP contribution in [0.4, 0.5) is 11.5 Å². The second-order valence-corrected chi connectivity index (χ2v) is 5.53. The van der Waals surface area contributed by atoms with Crippen molar-refractivity contribution in [2.75, 3.05) is 5.32 Å². The van der Waals surface area contributed by atoms with Gasteiger partial charge in [-0.05, 0) is 52.3 Å². The fourth-order valence-corrected chi connectivity index (χ4v) is 2.28. The molecule has 6 nitrogen and oxygen atoms in total. The van der Waals surface area contributed by atoms with Gasteiger partial charge >= 0.3 is 0 Å². The summed E-state index contributed by atoms with van der Waals surface area (Å²) in [6, 6.07) is 14.5. The maximum atomic E-state index is 12.0. The number of halogens is 1. The van der Waals surface area contributed by atoms with Crippen LogP contribution in [-0.4, -0.2) is 16.1 Å². The normalized spacial score (nSPS) is 10.3. The summed E-state index contributed by atoms with van der Waals surface area (Å²) in [5.41, 5.74) is 1.12. The summed E-state index contributed by atoms with van der Waals surface area (Å²) in [6.07, 6.45) is 1.56. The van der Waals surface area contributed by atoms with E-state index in [2.05, 4.69) is 36.8 Å². The standard InChI is InChI=1S/C16H13BrN4O2/c17-12-5-1-2-6-13(12)19-15-8-7-14(20-21-15)16(22)18-10-11-4-3-9-23-11/h1-9H,10H2,(H,18,22)(H,19,21). The first-order chi connectivity index (χ1) is 11.2. The number of carbonyl (C=O) groups is 1. The molecule has 0 atom stereocenters. The van der Waals surface area contributed by atoms with Crippen LogP contribution in [0.15, 0.2) is 63.7 Å². The van der Waals surface area contributed by atoms with Crippen LogP contribution >= 0.6 is 15.9 Å². The summed E-state index contributed by atoms with van der Waals surface area (Å²) in [6.45, 7) is 0.310. The lowest BCUT2D eigenvalue weighted by atomic mass is 10.3. The van der Waals surface area contributed by atoms with Gasteiger partial charge < -0.3 is 15.1 Å². The third kappa shape index (κ3) is 3.95. The maximum absolute atomic E-state index is 12.0. The molecule has 0 saturated heterocycles. The number of amides is 1. The van der Waals surface area contributed by atoms with Crippen molar-refractivity contribution in [3.63, 3.8) is 0 Å². The molecule has 0 fully saturated rings. The van der Waals surface area contributed by atoms with Gasteiger partial charge in [-0.1, -0.05) is 12.1 Å². The van der Waals surface area contributed by atoms with E-state index in [4.69, 9.17) is 4.42 Å². The van der Waals surface area contributed by atoms with Crippen LogP contribution in [0.25, 0.3) is 0 Å². The molecule has 0 spiro atoms. The van der Waals surface area contributed by atoms with Crippen molar-refractivity contribution in [2.24, 2.45) is 0 Å². The van der Waals surface area contributed by atoms with Crippen LogP contribution in [0, 0.1) is 0 Å². The Labute approximate surface area is 141 Å². The zero-order valence-electron chi connectivity index (χ0n) is 12.0. The zero-order chi connectivity index (χ0) is 16.1. The summed E-state index contributed by atoms with van der Waals surface area (Å²) < 4.78 is 6.07. The number of nitrogens with zero attached hydrogens (tertiary/aromatic N) is 2. The second kappa shape index (κ2) is 7.06. The number of furan rings is 1. The minimum absolute atomic E-state index is 0.245. The first-order valence-electron chi connectivity index (χ1n) is 6.88. The molecule has 2 heterocycles. The Hall–Kier alpha value is -2.67. The van der Waals surface area contributed by atoms with E-state index in [1.54, 1.807) is 30.5 Å². The zero-order valence-corrected chi connectivity index (χ0v) is 13.6. The molecule has 3 rings (SSSR count). The van der Waals surface area contributed by atoms with E-state index in [9.17, 15) is 4.79 Å². The number of aromatic nitrogens is 2. The number of para-hydroxylation sites is 1. The molecule has 0 unspecified atom stereocenters. The Morgan fingerprint density at radius 3 is 2.65 bits per heavy atom. The van der Waals surface area contributed by atoms with E-state index in [1.165, 1.54) is 0 Å². The Morgan fingerprint density at radius 2 is 1.96 bits per heavy atom. The van der Waals surface area contributed by atoms with E-state index < -0.39 is 0 Å². The molecule has 3 aromatic rings. The van der Waals surface area contributed by atoms with Crippen molar-refractivity contribution in [3.8, 4) is 0 Å². The number of benzene rings is 1. The molecule has 116 valence electrons. The SMILES string of the molecule is O=C(NCc1ccco1)c1ccc(Nc2ccccc2Br)nn1. The minimum Gasteiger partial charge on any atom is -0.467 e. The number of rotatable bonds is 5. The number of nitrogens with one attached hydrogen (secondary N) is 2. The van der Waals surface area contributed by atoms with Gasteiger partial charge in [-0.15, -0.1) is 10.2 Å². The molecule has 2 N–H and O–H groups in total. The lowest BCUT2D eigenvalue weighted by Crippen LogP contribution is -2.23. The van der Waals surface area contributed by atoms with Gasteiger partial charge in [-0.2, -0.15) is 0 Å². The molecule has 7 heteroatoms. The van der Waals surface area contributed by atoms with Crippen molar-refractivity contribution in [1.82, 2.24) is 15.5 Å². The third-order valence-corrected chi connectivity index (χ3v) is 3.73. The van der Waals surface area contributed by atoms with Gasteiger partial charge in [0.25, 0.3) is 5.91 Å². The van der Waals surface area contributed by atoms with Gasteiger partial charge in [-0.3, -0.25) is 4.79 Å². The van der Waals surface area contributed by atoms with Crippen LogP contribution in [0.5, 0.6) is 0 Å². The molecule has 1 amide bonds. The van der Waals surface area contributed by atoms with Gasteiger partial charge in [0.1, 0.15) is 5.76 Å². The number of anilines is 2. The molecule has 1 aromatic carbocycles. The summed E-state index contributed by atoms with van der Waals surface area (Å²) >= 11 is 3.45.